The van der Waals surface area contributed by atoms with Gasteiger partial charge in [-0.25, -0.2) is 0 Å². The number of anilines is 1. The number of rotatable bonds is 5. The van der Waals surface area contributed by atoms with Crippen molar-refractivity contribution >= 4 is 21.6 Å². The van der Waals surface area contributed by atoms with Gasteiger partial charge in [-0.3, -0.25) is 0 Å². The van der Waals surface area contributed by atoms with Crippen molar-refractivity contribution in [1.82, 2.24) is 0 Å². The number of halogens is 1. The van der Waals surface area contributed by atoms with Crippen LogP contribution in [0.25, 0.3) is 0 Å². The van der Waals surface area contributed by atoms with E-state index in [1.807, 2.05) is 19.1 Å². The smallest absolute Gasteiger partial charge is 0.189 e. The van der Waals surface area contributed by atoms with Crippen LogP contribution in [0.5, 0.6) is 5.75 Å². The summed E-state index contributed by atoms with van der Waals surface area (Å²) in [5.41, 5.74) is 7.52. The number of ether oxygens (including phenoxy) is 2. The van der Waals surface area contributed by atoms with Crippen LogP contribution in [-0.4, -0.2) is 13.4 Å². The van der Waals surface area contributed by atoms with Crippen molar-refractivity contribution in [3.63, 3.8) is 0 Å². The lowest BCUT2D eigenvalue weighted by Crippen LogP contribution is -2.07. The molecule has 1 aliphatic carbocycles. The summed E-state index contributed by atoms with van der Waals surface area (Å²) in [4.78, 5) is 0. The Kier molecular flexibility index (Phi) is 3.71. The van der Waals surface area contributed by atoms with Gasteiger partial charge in [0.15, 0.2) is 6.79 Å². The van der Waals surface area contributed by atoms with Crippen molar-refractivity contribution in [3.8, 4) is 5.75 Å². The summed E-state index contributed by atoms with van der Waals surface area (Å²) in [6, 6.07) is 3.82. The van der Waals surface area contributed by atoms with E-state index in [1.165, 1.54) is 12.8 Å². The van der Waals surface area contributed by atoms with Crippen molar-refractivity contribution in [1.29, 1.82) is 0 Å². The summed E-state index contributed by atoms with van der Waals surface area (Å²) in [7, 11) is 0. The first kappa shape index (κ1) is 11.7. The lowest BCUT2D eigenvalue weighted by Gasteiger charge is -2.12. The van der Waals surface area contributed by atoms with E-state index >= 15 is 0 Å². The van der Waals surface area contributed by atoms with Crippen molar-refractivity contribution in [2.24, 2.45) is 5.92 Å². The molecular weight excluding hydrogens is 270 g/mol. The highest BCUT2D eigenvalue weighted by molar-refractivity contribution is 9.10. The van der Waals surface area contributed by atoms with E-state index in [9.17, 15) is 0 Å². The maximum atomic E-state index is 5.87. The molecule has 0 aromatic heterocycles. The van der Waals surface area contributed by atoms with Crippen LogP contribution in [-0.2, 0) is 4.74 Å². The lowest BCUT2D eigenvalue weighted by molar-refractivity contribution is 0.0100. The molecule has 1 aliphatic rings. The van der Waals surface area contributed by atoms with Gasteiger partial charge in [-0.15, -0.1) is 0 Å². The molecule has 1 aromatic rings. The Labute approximate surface area is 104 Å². The minimum absolute atomic E-state index is 0.281. The van der Waals surface area contributed by atoms with Gasteiger partial charge >= 0.3 is 0 Å². The fraction of sp³-hybridized carbons (Fsp3) is 0.500. The number of nitrogens with two attached hydrogens (primary N) is 1. The average molecular weight is 286 g/mol. The van der Waals surface area contributed by atoms with Gasteiger partial charge in [0.1, 0.15) is 5.75 Å². The second-order valence-corrected chi connectivity index (χ2v) is 5.13. The Morgan fingerprint density at radius 2 is 2.19 bits per heavy atom. The van der Waals surface area contributed by atoms with E-state index in [0.29, 0.717) is 5.69 Å². The normalized spacial score (nSPS) is 15.1. The standard InChI is InChI=1S/C12H16BrNO2/c1-8-4-10(13)5-11(14)12(8)16-7-15-6-9-2-3-9/h4-5,9H,2-3,6-7,14H2,1H3. The van der Waals surface area contributed by atoms with Crippen LogP contribution in [0.1, 0.15) is 18.4 Å². The Bertz CT molecular complexity index is 354. The zero-order valence-corrected chi connectivity index (χ0v) is 10.9. The van der Waals surface area contributed by atoms with Gasteiger partial charge in [-0.05, 0) is 43.4 Å². The maximum Gasteiger partial charge on any atom is 0.189 e. The van der Waals surface area contributed by atoms with Crippen LogP contribution < -0.4 is 10.5 Å². The van der Waals surface area contributed by atoms with Gasteiger partial charge in [-0.2, -0.15) is 0 Å². The monoisotopic (exact) mass is 285 g/mol. The molecule has 16 heavy (non-hydrogen) atoms. The lowest BCUT2D eigenvalue weighted by atomic mass is 10.2. The molecule has 2 N–H and O–H groups in total. The fourth-order valence-corrected chi connectivity index (χ4v) is 2.14. The number of nitrogen functional groups attached to an aromatic ring is 1. The summed E-state index contributed by atoms with van der Waals surface area (Å²) in [5, 5.41) is 0. The molecule has 2 rings (SSSR count). The zero-order chi connectivity index (χ0) is 11.5. The highest BCUT2D eigenvalue weighted by atomic mass is 79.9. The van der Waals surface area contributed by atoms with Gasteiger partial charge in [0, 0.05) is 4.47 Å². The molecule has 0 unspecified atom stereocenters. The summed E-state index contributed by atoms with van der Waals surface area (Å²) in [6.07, 6.45) is 2.58. The second kappa shape index (κ2) is 5.06. The molecule has 4 heteroatoms. The van der Waals surface area contributed by atoms with Crippen LogP contribution >= 0.6 is 15.9 Å². The van der Waals surface area contributed by atoms with Gasteiger partial charge in [-0.1, -0.05) is 15.9 Å². The number of hydrogen-bond acceptors (Lipinski definition) is 3. The summed E-state index contributed by atoms with van der Waals surface area (Å²) in [5.74, 6) is 1.48. The molecule has 0 saturated heterocycles. The minimum Gasteiger partial charge on any atom is -0.465 e. The van der Waals surface area contributed by atoms with Crippen molar-refractivity contribution in [2.75, 3.05) is 19.1 Å². The summed E-state index contributed by atoms with van der Waals surface area (Å²) < 4.78 is 11.9. The molecule has 0 bridgehead atoms. The predicted octanol–water partition coefficient (Wildman–Crippen LogP) is 3.10. The zero-order valence-electron chi connectivity index (χ0n) is 9.33. The molecule has 0 heterocycles. The Hall–Kier alpha value is -0.740. The molecule has 0 amide bonds. The second-order valence-electron chi connectivity index (χ2n) is 4.22. The van der Waals surface area contributed by atoms with Crippen LogP contribution in [0.15, 0.2) is 16.6 Å². The van der Waals surface area contributed by atoms with Gasteiger partial charge in [0.25, 0.3) is 0 Å². The minimum atomic E-state index is 0.281. The first-order valence-corrected chi connectivity index (χ1v) is 6.22. The van der Waals surface area contributed by atoms with E-state index in [4.69, 9.17) is 15.2 Å². The maximum absolute atomic E-state index is 5.87. The fourth-order valence-electron chi connectivity index (χ4n) is 1.55. The van der Waals surface area contributed by atoms with E-state index in [1.54, 1.807) is 0 Å². The number of hydrogen-bond donors (Lipinski definition) is 1. The van der Waals surface area contributed by atoms with Gasteiger partial charge in [0.2, 0.25) is 0 Å². The average Bonchev–Trinajstić information content (AvgIpc) is 2.98. The quantitative estimate of drug-likeness (QED) is 0.514. The number of aryl methyl sites for hydroxylation is 1. The Balaban J connectivity index is 1.87. The molecule has 88 valence electrons. The summed E-state index contributed by atoms with van der Waals surface area (Å²) >= 11 is 3.39. The van der Waals surface area contributed by atoms with Crippen LogP contribution in [0, 0.1) is 12.8 Å². The molecule has 1 saturated carbocycles. The van der Waals surface area contributed by atoms with Crippen LogP contribution in [0.4, 0.5) is 5.69 Å². The van der Waals surface area contributed by atoms with Crippen LogP contribution in [0.2, 0.25) is 0 Å². The van der Waals surface area contributed by atoms with Crippen molar-refractivity contribution in [3.05, 3.63) is 22.2 Å². The third kappa shape index (κ3) is 3.12. The molecule has 3 nitrogen and oxygen atoms in total. The highest BCUT2D eigenvalue weighted by Gasteiger charge is 2.21. The first-order valence-electron chi connectivity index (χ1n) is 5.43. The molecule has 0 radical (unpaired) electrons. The van der Waals surface area contributed by atoms with Gasteiger partial charge < -0.3 is 15.2 Å². The Morgan fingerprint density at radius 1 is 1.44 bits per heavy atom. The Morgan fingerprint density at radius 3 is 2.81 bits per heavy atom. The van der Waals surface area contributed by atoms with Crippen molar-refractivity contribution < 1.29 is 9.47 Å². The first-order chi connectivity index (χ1) is 7.66. The molecular formula is C12H16BrNO2. The van der Waals surface area contributed by atoms with Crippen LogP contribution in [0.3, 0.4) is 0 Å². The van der Waals surface area contributed by atoms with Crippen molar-refractivity contribution in [2.45, 2.75) is 19.8 Å². The largest absolute Gasteiger partial charge is 0.465 e. The highest BCUT2D eigenvalue weighted by Crippen LogP contribution is 2.31. The molecule has 0 atom stereocenters. The summed E-state index contributed by atoms with van der Waals surface area (Å²) in [6.45, 7) is 3.05. The SMILES string of the molecule is Cc1cc(Br)cc(N)c1OCOCC1CC1. The van der Waals surface area contributed by atoms with E-state index < -0.39 is 0 Å². The molecule has 1 fully saturated rings. The molecule has 1 aromatic carbocycles. The molecule has 0 spiro atoms. The van der Waals surface area contributed by atoms with Gasteiger partial charge in [0.05, 0.1) is 12.3 Å². The topological polar surface area (TPSA) is 44.5 Å². The van der Waals surface area contributed by atoms with E-state index in [2.05, 4.69) is 15.9 Å². The third-order valence-corrected chi connectivity index (χ3v) is 3.06. The number of benzene rings is 1. The van der Waals surface area contributed by atoms with E-state index in [0.717, 1.165) is 28.3 Å². The molecule has 0 aliphatic heterocycles. The predicted molar refractivity (Wildman–Crippen MR) is 67.5 cm³/mol. The third-order valence-electron chi connectivity index (χ3n) is 2.61. The van der Waals surface area contributed by atoms with E-state index in [-0.39, 0.29) is 6.79 Å².